The minimum absolute atomic E-state index is 0.102. The van der Waals surface area contributed by atoms with Crippen LogP contribution >= 0.6 is 0 Å². The van der Waals surface area contributed by atoms with Gasteiger partial charge in [0.05, 0.1) is 7.11 Å². The van der Waals surface area contributed by atoms with E-state index in [9.17, 15) is 9.59 Å². The zero-order chi connectivity index (χ0) is 9.56. The molecule has 0 unspecified atom stereocenters. The summed E-state index contributed by atoms with van der Waals surface area (Å²) in [7, 11) is 1.31. The Kier molecular flexibility index (Phi) is 5.34. The molecular formula is C9H16O3. The average molecular weight is 172 g/mol. The Hall–Kier alpha value is -0.860. The number of ketones is 1. The van der Waals surface area contributed by atoms with Gasteiger partial charge < -0.3 is 4.74 Å². The number of carbonyl (C=O) groups excluding carboxylic acids is 2. The van der Waals surface area contributed by atoms with Gasteiger partial charge in [0.2, 0.25) is 0 Å². The Labute approximate surface area is 73.1 Å². The van der Waals surface area contributed by atoms with Gasteiger partial charge >= 0.3 is 5.97 Å². The van der Waals surface area contributed by atoms with Crippen molar-refractivity contribution in [3.8, 4) is 0 Å². The lowest BCUT2D eigenvalue weighted by Crippen LogP contribution is -2.23. The van der Waals surface area contributed by atoms with Crippen LogP contribution in [0.4, 0.5) is 0 Å². The van der Waals surface area contributed by atoms with Crippen LogP contribution in [-0.2, 0) is 14.3 Å². The van der Waals surface area contributed by atoms with Gasteiger partial charge in [-0.2, -0.15) is 0 Å². The van der Waals surface area contributed by atoms with Crippen LogP contribution in [0.5, 0.6) is 0 Å². The standard InChI is InChI=1S/C9H16O3/c1-4-5-6-8(7(2)10)9(11)12-3/h8H,4-6H2,1-3H3/t8-/m1/s1. The summed E-state index contributed by atoms with van der Waals surface area (Å²) in [6.07, 6.45) is 2.48. The molecule has 0 N–H and O–H groups in total. The van der Waals surface area contributed by atoms with Crippen molar-refractivity contribution >= 4 is 11.8 Å². The molecule has 0 bridgehead atoms. The van der Waals surface area contributed by atoms with Gasteiger partial charge in [-0.3, -0.25) is 9.59 Å². The molecule has 3 heteroatoms. The largest absolute Gasteiger partial charge is 0.468 e. The van der Waals surface area contributed by atoms with Crippen molar-refractivity contribution in [2.45, 2.75) is 33.1 Å². The number of hydrogen-bond donors (Lipinski definition) is 0. The van der Waals surface area contributed by atoms with Gasteiger partial charge in [0.15, 0.2) is 0 Å². The summed E-state index contributed by atoms with van der Waals surface area (Å²) in [6.45, 7) is 3.45. The first-order chi connectivity index (χ1) is 5.63. The van der Waals surface area contributed by atoms with E-state index in [0.717, 1.165) is 12.8 Å². The fourth-order valence-corrected chi connectivity index (χ4v) is 1.04. The van der Waals surface area contributed by atoms with E-state index >= 15 is 0 Å². The van der Waals surface area contributed by atoms with Crippen LogP contribution in [0.1, 0.15) is 33.1 Å². The molecule has 0 rings (SSSR count). The predicted molar refractivity (Wildman–Crippen MR) is 45.7 cm³/mol. The maximum absolute atomic E-state index is 11.0. The molecule has 0 fully saturated rings. The number of carbonyl (C=O) groups is 2. The first kappa shape index (κ1) is 11.1. The predicted octanol–water partition coefficient (Wildman–Crippen LogP) is 1.55. The fraction of sp³-hybridized carbons (Fsp3) is 0.778. The second-order valence-electron chi connectivity index (χ2n) is 2.83. The molecule has 0 amide bonds. The molecule has 0 radical (unpaired) electrons. The van der Waals surface area contributed by atoms with E-state index in [1.165, 1.54) is 14.0 Å². The lowest BCUT2D eigenvalue weighted by atomic mass is 9.99. The van der Waals surface area contributed by atoms with E-state index in [2.05, 4.69) is 4.74 Å². The summed E-state index contributed by atoms with van der Waals surface area (Å²) in [5.41, 5.74) is 0. The van der Waals surface area contributed by atoms with Gasteiger partial charge in [0.1, 0.15) is 11.7 Å². The maximum atomic E-state index is 11.0. The SMILES string of the molecule is CCCC[C@H](C(C)=O)C(=O)OC. The lowest BCUT2D eigenvalue weighted by molar-refractivity contribution is -0.149. The Bertz CT molecular complexity index is 163. The molecule has 0 spiro atoms. The zero-order valence-electron chi connectivity index (χ0n) is 7.92. The second-order valence-corrected chi connectivity index (χ2v) is 2.83. The molecular weight excluding hydrogens is 156 g/mol. The van der Waals surface area contributed by atoms with E-state index in [1.807, 2.05) is 6.92 Å². The molecule has 0 heterocycles. The summed E-state index contributed by atoms with van der Waals surface area (Å²) < 4.78 is 4.51. The Morgan fingerprint density at radius 3 is 2.33 bits per heavy atom. The molecule has 0 aliphatic carbocycles. The first-order valence-corrected chi connectivity index (χ1v) is 4.21. The van der Waals surface area contributed by atoms with Crippen LogP contribution in [0, 0.1) is 5.92 Å². The zero-order valence-corrected chi connectivity index (χ0v) is 7.92. The van der Waals surface area contributed by atoms with Crippen LogP contribution in [0.15, 0.2) is 0 Å². The van der Waals surface area contributed by atoms with Gasteiger partial charge in [-0.25, -0.2) is 0 Å². The minimum atomic E-state index is -0.546. The Morgan fingerprint density at radius 2 is 2.00 bits per heavy atom. The van der Waals surface area contributed by atoms with Gasteiger partial charge in [-0.15, -0.1) is 0 Å². The number of esters is 1. The molecule has 1 atom stereocenters. The Morgan fingerprint density at radius 1 is 1.42 bits per heavy atom. The molecule has 0 aromatic carbocycles. The topological polar surface area (TPSA) is 43.4 Å². The molecule has 12 heavy (non-hydrogen) atoms. The number of rotatable bonds is 5. The van der Waals surface area contributed by atoms with E-state index in [1.54, 1.807) is 0 Å². The van der Waals surface area contributed by atoms with E-state index in [-0.39, 0.29) is 5.78 Å². The first-order valence-electron chi connectivity index (χ1n) is 4.21. The average Bonchev–Trinajstić information content (AvgIpc) is 2.04. The van der Waals surface area contributed by atoms with Crippen molar-refractivity contribution in [3.05, 3.63) is 0 Å². The van der Waals surface area contributed by atoms with Crippen LogP contribution in [0.25, 0.3) is 0 Å². The van der Waals surface area contributed by atoms with Crippen molar-refractivity contribution in [3.63, 3.8) is 0 Å². The molecule has 3 nitrogen and oxygen atoms in total. The highest BCUT2D eigenvalue weighted by Gasteiger charge is 2.22. The molecule has 0 saturated carbocycles. The molecule has 0 aliphatic heterocycles. The van der Waals surface area contributed by atoms with Crippen molar-refractivity contribution in [1.82, 2.24) is 0 Å². The third kappa shape index (κ3) is 3.51. The summed E-state index contributed by atoms with van der Waals surface area (Å²) >= 11 is 0. The number of methoxy groups -OCH3 is 1. The van der Waals surface area contributed by atoms with Crippen molar-refractivity contribution in [2.24, 2.45) is 5.92 Å². The third-order valence-electron chi connectivity index (χ3n) is 1.82. The van der Waals surface area contributed by atoms with Crippen LogP contribution in [0.3, 0.4) is 0 Å². The molecule has 0 saturated heterocycles. The molecule has 0 aliphatic rings. The van der Waals surface area contributed by atoms with Gasteiger partial charge in [-0.1, -0.05) is 19.8 Å². The van der Waals surface area contributed by atoms with E-state index < -0.39 is 11.9 Å². The summed E-state index contributed by atoms with van der Waals surface area (Å²) in [4.78, 5) is 22.0. The van der Waals surface area contributed by atoms with Gasteiger partial charge in [0.25, 0.3) is 0 Å². The number of unbranched alkanes of at least 4 members (excludes halogenated alkanes) is 1. The third-order valence-corrected chi connectivity index (χ3v) is 1.82. The molecule has 0 aromatic rings. The minimum Gasteiger partial charge on any atom is -0.468 e. The number of hydrogen-bond acceptors (Lipinski definition) is 3. The fourth-order valence-electron chi connectivity index (χ4n) is 1.04. The molecule has 70 valence electrons. The lowest BCUT2D eigenvalue weighted by Gasteiger charge is -2.09. The van der Waals surface area contributed by atoms with E-state index in [4.69, 9.17) is 0 Å². The van der Waals surface area contributed by atoms with E-state index in [0.29, 0.717) is 6.42 Å². The van der Waals surface area contributed by atoms with Crippen LogP contribution < -0.4 is 0 Å². The quantitative estimate of drug-likeness (QED) is 0.467. The van der Waals surface area contributed by atoms with Crippen molar-refractivity contribution < 1.29 is 14.3 Å². The van der Waals surface area contributed by atoms with Crippen molar-refractivity contribution in [1.29, 1.82) is 0 Å². The smallest absolute Gasteiger partial charge is 0.316 e. The van der Waals surface area contributed by atoms with Crippen molar-refractivity contribution in [2.75, 3.05) is 7.11 Å². The van der Waals surface area contributed by atoms with Gasteiger partial charge in [0, 0.05) is 0 Å². The summed E-state index contributed by atoms with van der Waals surface area (Å²) in [5, 5.41) is 0. The number of Topliss-reactive ketones (excluding diaryl/α,β-unsaturated/α-hetero) is 1. The van der Waals surface area contributed by atoms with Gasteiger partial charge in [-0.05, 0) is 13.3 Å². The highest BCUT2D eigenvalue weighted by Crippen LogP contribution is 2.11. The highest BCUT2D eigenvalue weighted by atomic mass is 16.5. The van der Waals surface area contributed by atoms with Crippen LogP contribution in [0.2, 0.25) is 0 Å². The monoisotopic (exact) mass is 172 g/mol. The Balaban J connectivity index is 4.04. The summed E-state index contributed by atoms with van der Waals surface area (Å²) in [5.74, 6) is -1.05. The molecule has 0 aromatic heterocycles. The summed E-state index contributed by atoms with van der Waals surface area (Å²) in [6, 6.07) is 0. The second kappa shape index (κ2) is 5.75. The highest BCUT2D eigenvalue weighted by molar-refractivity contribution is 5.97. The number of ether oxygens (including phenoxy) is 1. The van der Waals surface area contributed by atoms with Crippen LogP contribution in [-0.4, -0.2) is 18.9 Å². The normalized spacial score (nSPS) is 12.2. The maximum Gasteiger partial charge on any atom is 0.316 e.